The van der Waals surface area contributed by atoms with Crippen molar-refractivity contribution in [1.29, 1.82) is 0 Å². The molecule has 0 spiro atoms. The first-order valence-electron chi connectivity index (χ1n) is 6.11. The zero-order valence-electron chi connectivity index (χ0n) is 12.1. The van der Waals surface area contributed by atoms with Crippen LogP contribution in [0.3, 0.4) is 0 Å². The number of hydrogen-bond acceptors (Lipinski definition) is 8. The Morgan fingerprint density at radius 2 is 1.87 bits per heavy atom. The lowest BCUT2D eigenvalue weighted by Gasteiger charge is -2.45. The highest BCUT2D eigenvalue weighted by Crippen LogP contribution is 2.56. The number of β-lactam (4-membered cyclic amide) rings is 1. The lowest BCUT2D eigenvalue weighted by Crippen LogP contribution is -2.69. The number of esters is 1. The number of halogens is 2. The first kappa shape index (κ1) is 19.1. The predicted molar refractivity (Wildman–Crippen MR) is 84.9 cm³/mol. The summed E-state index contributed by atoms with van der Waals surface area (Å²) in [5, 5.41) is -1.27. The van der Waals surface area contributed by atoms with E-state index in [0.29, 0.717) is 0 Å². The summed E-state index contributed by atoms with van der Waals surface area (Å²) in [5.41, 5.74) is 0. The Kier molecular flexibility index (Phi) is 4.46. The second-order valence-corrected chi connectivity index (χ2v) is 13.4. The Morgan fingerprint density at radius 1 is 1.35 bits per heavy atom. The van der Waals surface area contributed by atoms with E-state index >= 15 is 0 Å². The standard InChI is InChI=1S/C10H13Br2NO8S2/c1-9(2)5(6(14)20-4-21-22(3,16)17)13-7(15)10(11,12)8(13)23(9,18)19/h5,8H,4H2,1-3H3/t5-,8+/m0/s1. The molecule has 0 aliphatic carbocycles. The molecule has 0 aromatic rings. The van der Waals surface area contributed by atoms with E-state index in [0.717, 1.165) is 11.2 Å². The number of amides is 1. The summed E-state index contributed by atoms with van der Waals surface area (Å²) >= 11 is 6.02. The maximum atomic E-state index is 12.6. The third kappa shape index (κ3) is 2.73. The Hall–Kier alpha value is -0.240. The molecule has 132 valence electrons. The van der Waals surface area contributed by atoms with Crippen LogP contribution in [0.1, 0.15) is 13.8 Å². The first-order chi connectivity index (χ1) is 10.2. The predicted octanol–water partition coefficient (Wildman–Crippen LogP) is -0.307. The van der Waals surface area contributed by atoms with Crippen molar-refractivity contribution in [3.8, 4) is 0 Å². The smallest absolute Gasteiger partial charge is 0.332 e. The van der Waals surface area contributed by atoms with Gasteiger partial charge in [0.15, 0.2) is 18.4 Å². The van der Waals surface area contributed by atoms with Crippen LogP contribution in [0.15, 0.2) is 0 Å². The molecule has 2 atom stereocenters. The van der Waals surface area contributed by atoms with Crippen LogP contribution in [0, 0.1) is 0 Å². The zero-order chi connectivity index (χ0) is 18.0. The van der Waals surface area contributed by atoms with Crippen molar-refractivity contribution in [2.45, 2.75) is 33.2 Å². The van der Waals surface area contributed by atoms with Crippen molar-refractivity contribution < 1.29 is 35.3 Å². The Morgan fingerprint density at radius 3 is 2.35 bits per heavy atom. The van der Waals surface area contributed by atoms with Crippen molar-refractivity contribution >= 4 is 63.7 Å². The summed E-state index contributed by atoms with van der Waals surface area (Å²) in [5.74, 6) is -1.70. The molecule has 13 heteroatoms. The summed E-state index contributed by atoms with van der Waals surface area (Å²) in [6, 6.07) is -1.41. The molecule has 0 N–H and O–H groups in total. The van der Waals surface area contributed by atoms with Crippen molar-refractivity contribution in [2.24, 2.45) is 0 Å². The molecule has 2 heterocycles. The van der Waals surface area contributed by atoms with E-state index < -0.39 is 58.0 Å². The molecule has 0 bridgehead atoms. The molecule has 23 heavy (non-hydrogen) atoms. The van der Waals surface area contributed by atoms with E-state index in [1.54, 1.807) is 0 Å². The highest BCUT2D eigenvalue weighted by atomic mass is 79.9. The second-order valence-electron chi connectivity index (χ2n) is 5.64. The molecule has 2 saturated heterocycles. The maximum Gasteiger partial charge on any atom is 0.332 e. The third-order valence-electron chi connectivity index (χ3n) is 3.73. The third-order valence-corrected chi connectivity index (χ3v) is 9.27. The van der Waals surface area contributed by atoms with Gasteiger partial charge in [0.1, 0.15) is 10.8 Å². The van der Waals surface area contributed by atoms with Crippen LogP contribution in [-0.4, -0.2) is 66.1 Å². The van der Waals surface area contributed by atoms with Crippen LogP contribution in [-0.2, 0) is 38.5 Å². The Labute approximate surface area is 150 Å². The van der Waals surface area contributed by atoms with Crippen molar-refractivity contribution in [2.75, 3.05) is 13.0 Å². The highest BCUT2D eigenvalue weighted by Gasteiger charge is 2.77. The summed E-state index contributed by atoms with van der Waals surface area (Å²) in [7, 11) is -7.73. The van der Waals surface area contributed by atoms with E-state index in [1.807, 2.05) is 0 Å². The van der Waals surface area contributed by atoms with E-state index in [1.165, 1.54) is 13.8 Å². The number of rotatable bonds is 4. The molecule has 0 saturated carbocycles. The number of alkyl halides is 2. The Bertz CT molecular complexity index is 773. The lowest BCUT2D eigenvalue weighted by atomic mass is 9.98. The minimum Gasteiger partial charge on any atom is -0.436 e. The van der Waals surface area contributed by atoms with Crippen LogP contribution in [0.5, 0.6) is 0 Å². The number of fused-ring (bicyclic) bond motifs is 1. The van der Waals surface area contributed by atoms with Gasteiger partial charge in [-0.25, -0.2) is 17.4 Å². The van der Waals surface area contributed by atoms with Crippen LogP contribution in [0.4, 0.5) is 0 Å². The van der Waals surface area contributed by atoms with Gasteiger partial charge in [0.05, 0.1) is 6.26 Å². The van der Waals surface area contributed by atoms with Crippen molar-refractivity contribution in [3.63, 3.8) is 0 Å². The molecule has 0 aromatic heterocycles. The summed E-state index contributed by atoms with van der Waals surface area (Å²) in [6.45, 7) is 1.70. The second kappa shape index (κ2) is 5.38. The molecule has 2 aliphatic heterocycles. The number of carbonyl (C=O) groups is 2. The molecule has 9 nitrogen and oxygen atoms in total. The van der Waals surface area contributed by atoms with E-state index in [4.69, 9.17) is 0 Å². The molecule has 2 aliphatic rings. The fraction of sp³-hybridized carbons (Fsp3) is 0.800. The maximum absolute atomic E-state index is 12.6. The quantitative estimate of drug-likeness (QED) is 0.170. The summed E-state index contributed by atoms with van der Waals surface area (Å²) in [6.07, 6.45) is 0.768. The monoisotopic (exact) mass is 497 g/mol. The molecule has 2 rings (SSSR count). The highest BCUT2D eigenvalue weighted by molar-refractivity contribution is 9.26. The molecule has 0 unspecified atom stereocenters. The zero-order valence-corrected chi connectivity index (χ0v) is 17.0. The van der Waals surface area contributed by atoms with Crippen molar-refractivity contribution in [1.82, 2.24) is 4.90 Å². The van der Waals surface area contributed by atoms with Gasteiger partial charge in [0.2, 0.25) is 6.79 Å². The lowest BCUT2D eigenvalue weighted by molar-refractivity contribution is -0.165. The van der Waals surface area contributed by atoms with Gasteiger partial charge >= 0.3 is 5.97 Å². The number of hydrogen-bond donors (Lipinski definition) is 0. The normalized spacial score (nSPS) is 30.5. The van der Waals surface area contributed by atoms with E-state index in [9.17, 15) is 26.4 Å². The van der Waals surface area contributed by atoms with Crippen LogP contribution in [0.2, 0.25) is 0 Å². The van der Waals surface area contributed by atoms with Crippen LogP contribution < -0.4 is 0 Å². The van der Waals surface area contributed by atoms with Gasteiger partial charge in [-0.2, -0.15) is 8.42 Å². The average molecular weight is 499 g/mol. The molecular weight excluding hydrogens is 486 g/mol. The average Bonchev–Trinajstić information content (AvgIpc) is 2.50. The molecular formula is C10H13Br2NO8S2. The van der Waals surface area contributed by atoms with Gasteiger partial charge < -0.3 is 9.64 Å². The minimum absolute atomic E-state index is 0.636. The molecule has 0 radical (unpaired) electrons. The molecule has 2 fully saturated rings. The number of ether oxygens (including phenoxy) is 1. The SMILES string of the molecule is CC1(C)[C@H](C(=O)OCOS(C)(=O)=O)N2C(=O)C(Br)(Br)[C@H]2S1(=O)=O. The number of nitrogens with zero attached hydrogens (tertiary/aromatic N) is 1. The van der Waals surface area contributed by atoms with Gasteiger partial charge in [0, 0.05) is 0 Å². The van der Waals surface area contributed by atoms with Gasteiger partial charge in [-0.15, -0.1) is 0 Å². The number of sulfone groups is 1. The van der Waals surface area contributed by atoms with Crippen molar-refractivity contribution in [3.05, 3.63) is 0 Å². The van der Waals surface area contributed by atoms with Gasteiger partial charge in [0.25, 0.3) is 16.0 Å². The van der Waals surface area contributed by atoms with Gasteiger partial charge in [-0.3, -0.25) is 4.79 Å². The molecule has 1 amide bonds. The fourth-order valence-electron chi connectivity index (χ4n) is 2.51. The number of carbonyl (C=O) groups excluding carboxylic acids is 2. The van der Waals surface area contributed by atoms with Crippen LogP contribution in [0.25, 0.3) is 0 Å². The minimum atomic E-state index is -3.90. The Balaban J connectivity index is 2.29. The fourth-order valence-corrected chi connectivity index (χ4v) is 7.17. The van der Waals surface area contributed by atoms with E-state index in [-0.39, 0.29) is 0 Å². The topological polar surface area (TPSA) is 124 Å². The summed E-state index contributed by atoms with van der Waals surface area (Å²) < 4.78 is 52.7. The van der Waals surface area contributed by atoms with Gasteiger partial charge in [-0.1, -0.05) is 31.9 Å². The summed E-state index contributed by atoms with van der Waals surface area (Å²) in [4.78, 5) is 25.2. The van der Waals surface area contributed by atoms with Gasteiger partial charge in [-0.05, 0) is 13.8 Å². The largest absolute Gasteiger partial charge is 0.436 e. The van der Waals surface area contributed by atoms with Crippen LogP contribution >= 0.6 is 31.9 Å². The first-order valence-corrected chi connectivity index (χ1v) is 11.1. The van der Waals surface area contributed by atoms with E-state index in [2.05, 4.69) is 40.8 Å². The molecule has 0 aromatic carbocycles.